The maximum atomic E-state index is 12.1. The van der Waals surface area contributed by atoms with Crippen LogP contribution in [0.5, 0.6) is 0 Å². The molecule has 104 valence electrons. The molecule has 0 aromatic rings. The molecule has 2 heterocycles. The first-order valence-corrected chi connectivity index (χ1v) is 7.29. The van der Waals surface area contributed by atoms with E-state index in [9.17, 15) is 4.79 Å². The highest BCUT2D eigenvalue weighted by atomic mass is 16.5. The van der Waals surface area contributed by atoms with Crippen LogP contribution >= 0.6 is 0 Å². The van der Waals surface area contributed by atoms with Crippen molar-refractivity contribution in [3.05, 3.63) is 0 Å². The van der Waals surface area contributed by atoms with Crippen LogP contribution in [-0.2, 0) is 9.53 Å². The summed E-state index contributed by atoms with van der Waals surface area (Å²) in [7, 11) is 0. The van der Waals surface area contributed by atoms with E-state index in [0.717, 1.165) is 32.0 Å². The van der Waals surface area contributed by atoms with Gasteiger partial charge in [0.1, 0.15) is 0 Å². The summed E-state index contributed by atoms with van der Waals surface area (Å²) in [6.07, 6.45) is 3.40. The minimum atomic E-state index is 0.172. The van der Waals surface area contributed by atoms with Gasteiger partial charge in [-0.1, -0.05) is 20.8 Å². The lowest BCUT2D eigenvalue weighted by Gasteiger charge is -2.38. The zero-order chi connectivity index (χ0) is 13.2. The molecule has 3 heteroatoms. The average molecular weight is 253 g/mol. The van der Waals surface area contributed by atoms with Crippen molar-refractivity contribution in [1.82, 2.24) is 4.90 Å². The Morgan fingerprint density at radius 3 is 2.39 bits per heavy atom. The van der Waals surface area contributed by atoms with E-state index in [2.05, 4.69) is 25.7 Å². The van der Waals surface area contributed by atoms with Crippen molar-refractivity contribution in [3.8, 4) is 0 Å². The SMILES string of the molecule is CC(C)(C)C1CCN(CC(=O)C2CCOC2)CC1. The summed E-state index contributed by atoms with van der Waals surface area (Å²) < 4.78 is 5.29. The summed E-state index contributed by atoms with van der Waals surface area (Å²) in [5.74, 6) is 1.37. The number of carbonyl (C=O) groups is 1. The predicted molar refractivity (Wildman–Crippen MR) is 72.6 cm³/mol. The first kappa shape index (κ1) is 14.0. The molecule has 0 aromatic heterocycles. The molecule has 0 N–H and O–H groups in total. The highest BCUT2D eigenvalue weighted by Crippen LogP contribution is 2.34. The Kier molecular flexibility index (Phi) is 4.44. The third kappa shape index (κ3) is 3.55. The van der Waals surface area contributed by atoms with E-state index in [-0.39, 0.29) is 5.92 Å². The number of ether oxygens (including phenoxy) is 1. The van der Waals surface area contributed by atoms with Gasteiger partial charge in [0.05, 0.1) is 13.2 Å². The molecule has 1 atom stereocenters. The van der Waals surface area contributed by atoms with Gasteiger partial charge in [-0.15, -0.1) is 0 Å². The number of Topliss-reactive ketones (excluding diaryl/α,β-unsaturated/α-hetero) is 1. The molecule has 0 amide bonds. The molecule has 2 aliphatic heterocycles. The number of hydrogen-bond acceptors (Lipinski definition) is 3. The molecule has 2 aliphatic rings. The maximum Gasteiger partial charge on any atom is 0.152 e. The van der Waals surface area contributed by atoms with Gasteiger partial charge in [0.2, 0.25) is 0 Å². The lowest BCUT2D eigenvalue weighted by atomic mass is 9.75. The fourth-order valence-electron chi connectivity index (χ4n) is 3.10. The Morgan fingerprint density at radius 1 is 1.22 bits per heavy atom. The Labute approximate surface area is 111 Å². The van der Waals surface area contributed by atoms with E-state index in [1.807, 2.05) is 0 Å². The van der Waals surface area contributed by atoms with Crippen LogP contribution in [0.2, 0.25) is 0 Å². The lowest BCUT2D eigenvalue weighted by Crippen LogP contribution is -2.41. The van der Waals surface area contributed by atoms with Crippen LogP contribution in [0.15, 0.2) is 0 Å². The van der Waals surface area contributed by atoms with E-state index in [1.165, 1.54) is 12.8 Å². The van der Waals surface area contributed by atoms with Crippen LogP contribution < -0.4 is 0 Å². The van der Waals surface area contributed by atoms with Gasteiger partial charge in [-0.2, -0.15) is 0 Å². The summed E-state index contributed by atoms with van der Waals surface area (Å²) >= 11 is 0. The van der Waals surface area contributed by atoms with Gasteiger partial charge in [0.25, 0.3) is 0 Å². The van der Waals surface area contributed by atoms with Crippen molar-refractivity contribution < 1.29 is 9.53 Å². The first-order chi connectivity index (χ1) is 8.47. The summed E-state index contributed by atoms with van der Waals surface area (Å²) in [5.41, 5.74) is 0.412. The number of likely N-dealkylation sites (tertiary alicyclic amines) is 1. The van der Waals surface area contributed by atoms with Crippen LogP contribution in [0.3, 0.4) is 0 Å². The molecule has 2 fully saturated rings. The number of hydrogen-bond donors (Lipinski definition) is 0. The minimum absolute atomic E-state index is 0.172. The number of piperidine rings is 1. The van der Waals surface area contributed by atoms with Gasteiger partial charge in [-0.25, -0.2) is 0 Å². The highest BCUT2D eigenvalue weighted by molar-refractivity contribution is 5.83. The van der Waals surface area contributed by atoms with Crippen molar-refractivity contribution in [2.75, 3.05) is 32.8 Å². The van der Waals surface area contributed by atoms with E-state index in [4.69, 9.17) is 4.74 Å². The van der Waals surface area contributed by atoms with Gasteiger partial charge in [0, 0.05) is 12.5 Å². The van der Waals surface area contributed by atoms with E-state index in [0.29, 0.717) is 24.3 Å². The van der Waals surface area contributed by atoms with Gasteiger partial charge in [0.15, 0.2) is 5.78 Å². The molecule has 1 unspecified atom stereocenters. The molecule has 2 rings (SSSR count). The van der Waals surface area contributed by atoms with Crippen molar-refractivity contribution in [1.29, 1.82) is 0 Å². The third-order valence-electron chi connectivity index (χ3n) is 4.58. The van der Waals surface area contributed by atoms with Gasteiger partial charge in [-0.05, 0) is 43.7 Å². The van der Waals surface area contributed by atoms with Gasteiger partial charge < -0.3 is 4.74 Å². The molecule has 0 aliphatic carbocycles. The Morgan fingerprint density at radius 2 is 1.89 bits per heavy atom. The van der Waals surface area contributed by atoms with Gasteiger partial charge in [-0.3, -0.25) is 9.69 Å². The number of carbonyl (C=O) groups excluding carboxylic acids is 1. The second-order valence-corrected chi connectivity index (χ2v) is 6.94. The fraction of sp³-hybridized carbons (Fsp3) is 0.933. The van der Waals surface area contributed by atoms with E-state index in [1.54, 1.807) is 0 Å². The summed E-state index contributed by atoms with van der Waals surface area (Å²) in [4.78, 5) is 14.4. The zero-order valence-corrected chi connectivity index (χ0v) is 12.1. The quantitative estimate of drug-likeness (QED) is 0.773. The predicted octanol–water partition coefficient (Wildman–Crippen LogP) is 2.35. The second kappa shape index (κ2) is 5.70. The average Bonchev–Trinajstić information content (AvgIpc) is 2.82. The standard InChI is InChI=1S/C15H27NO2/c1-15(2,3)13-4-7-16(8-5-13)10-14(17)12-6-9-18-11-12/h12-13H,4-11H2,1-3H3. The number of rotatable bonds is 3. The normalized spacial score (nSPS) is 27.6. The smallest absolute Gasteiger partial charge is 0.152 e. The molecular formula is C15H27NO2. The summed E-state index contributed by atoms with van der Waals surface area (Å²) in [6, 6.07) is 0. The summed E-state index contributed by atoms with van der Waals surface area (Å²) in [6.45, 7) is 11.2. The molecule has 0 spiro atoms. The fourth-order valence-corrected chi connectivity index (χ4v) is 3.10. The molecule has 0 aromatic carbocycles. The molecule has 3 nitrogen and oxygen atoms in total. The maximum absolute atomic E-state index is 12.1. The zero-order valence-electron chi connectivity index (χ0n) is 12.1. The Bertz CT molecular complexity index is 281. The summed E-state index contributed by atoms with van der Waals surface area (Å²) in [5, 5.41) is 0. The van der Waals surface area contributed by atoms with Crippen LogP contribution in [0.4, 0.5) is 0 Å². The number of ketones is 1. The number of nitrogens with zero attached hydrogens (tertiary/aromatic N) is 1. The Balaban J connectivity index is 1.75. The van der Waals surface area contributed by atoms with Crippen LogP contribution in [0.25, 0.3) is 0 Å². The van der Waals surface area contributed by atoms with Crippen LogP contribution in [0, 0.1) is 17.3 Å². The largest absolute Gasteiger partial charge is 0.381 e. The topological polar surface area (TPSA) is 29.5 Å². The molecule has 0 radical (unpaired) electrons. The third-order valence-corrected chi connectivity index (χ3v) is 4.58. The molecular weight excluding hydrogens is 226 g/mol. The molecule has 2 saturated heterocycles. The van der Waals surface area contributed by atoms with Crippen molar-refractivity contribution in [2.24, 2.45) is 17.3 Å². The van der Waals surface area contributed by atoms with Crippen molar-refractivity contribution in [3.63, 3.8) is 0 Å². The highest BCUT2D eigenvalue weighted by Gasteiger charge is 2.31. The van der Waals surface area contributed by atoms with Crippen LogP contribution in [0.1, 0.15) is 40.0 Å². The van der Waals surface area contributed by atoms with E-state index >= 15 is 0 Å². The monoisotopic (exact) mass is 253 g/mol. The van der Waals surface area contributed by atoms with Crippen LogP contribution in [-0.4, -0.2) is 43.5 Å². The Hall–Kier alpha value is -0.410. The minimum Gasteiger partial charge on any atom is -0.381 e. The molecule has 0 bridgehead atoms. The molecule has 0 saturated carbocycles. The van der Waals surface area contributed by atoms with Crippen molar-refractivity contribution in [2.45, 2.75) is 40.0 Å². The van der Waals surface area contributed by atoms with Crippen molar-refractivity contribution >= 4 is 5.78 Å². The van der Waals surface area contributed by atoms with Gasteiger partial charge >= 0.3 is 0 Å². The lowest BCUT2D eigenvalue weighted by molar-refractivity contribution is -0.124. The molecule has 18 heavy (non-hydrogen) atoms. The second-order valence-electron chi connectivity index (χ2n) is 6.94. The first-order valence-electron chi connectivity index (χ1n) is 7.29. The van der Waals surface area contributed by atoms with E-state index < -0.39 is 0 Å².